The van der Waals surface area contributed by atoms with E-state index in [-0.39, 0.29) is 120 Å². The van der Waals surface area contributed by atoms with E-state index >= 15 is 0 Å². The number of aliphatic hydroxyl groups is 2. The molecule has 0 unspecified atom stereocenters. The number of aromatic nitrogens is 1. The molecule has 1 aromatic heterocycles. The van der Waals surface area contributed by atoms with Gasteiger partial charge in [-0.25, -0.2) is 0 Å². The third kappa shape index (κ3) is 39.1. The van der Waals surface area contributed by atoms with Crippen molar-refractivity contribution in [2.75, 3.05) is 52.4 Å². The van der Waals surface area contributed by atoms with Gasteiger partial charge in [-0.2, -0.15) is 0 Å². The standard InChI is InChI=1S/C93H133N23O26/c1-4-50(2)78(114-80(129)59(97)42-55-45-100-60-20-9-8-19-58(55)60)91(140)113-69(41-54-27-31-57(120)32-28-54)93(142)116-38-16-24-71(116)90(139)102-47-75(124)105-70(49-117)82(131)101-46-74(123)104-67(43-72(98)121)89(138)115-79(51(3)118)92(141)109-63(23-12-15-37-96)84(133)111-66(40-53-25-29-56(119)30-26-53)87(136)112-68(44-73(99)122)88(137)108-64(33-34-76(125)126)85(134)107-62(22-11-14-36-95)83(132)110-65(39-52-17-6-5-7-18-52)86(135)106-61(21-10-13-35-94)81(130)103-48-77(127)128/h5-9,17-20,25-32,45,50-51,59,61-71,78-79,100,117-120H,4,10-16,21-24,33-44,46-49,94-97H2,1-3H3,(H2,98,121)(H2,99,122)(H,101,131)(H,102,139)(H,103,130)(H,104,123)(H,105,124)(H,106,135)(H,107,134)(H,108,137)(H,109,141)(H,110,132)(H,111,133)(H,112,136)(H,113,140)(H,114,129)(H,115,138)(H,125,126)(H,127,128)/t50-,51+,59-,61-,62-,63-,64-,65-,66-,67-,68-,69-,70-,71-,78-,79-/m0/s1. The van der Waals surface area contributed by atoms with E-state index in [2.05, 4.69) is 84.7 Å². The van der Waals surface area contributed by atoms with Gasteiger partial charge in [0.25, 0.3) is 0 Å². The fraction of sp³-hybridized carbons (Fsp3) is 0.505. The number of rotatable bonds is 63. The number of fused-ring (bicyclic) bond motifs is 1. The van der Waals surface area contributed by atoms with E-state index in [4.69, 9.17) is 34.4 Å². The highest BCUT2D eigenvalue weighted by molar-refractivity contribution is 6.02. The number of para-hydroxylation sites is 1. The summed E-state index contributed by atoms with van der Waals surface area (Å²) < 4.78 is 0. The number of carbonyl (C=O) groups excluding carboxylic acids is 18. The van der Waals surface area contributed by atoms with Gasteiger partial charge in [-0.3, -0.25) is 95.9 Å². The van der Waals surface area contributed by atoms with Crippen LogP contribution >= 0.6 is 0 Å². The van der Waals surface area contributed by atoms with Crippen molar-refractivity contribution in [3.05, 3.63) is 132 Å². The first kappa shape index (κ1) is 116. The van der Waals surface area contributed by atoms with Crippen molar-refractivity contribution in [1.82, 2.24) is 89.6 Å². The van der Waals surface area contributed by atoms with Gasteiger partial charge in [0.05, 0.1) is 44.7 Å². The fourth-order valence-corrected chi connectivity index (χ4v) is 15.3. The summed E-state index contributed by atoms with van der Waals surface area (Å²) in [5.74, 6) is -23.1. The van der Waals surface area contributed by atoms with Gasteiger partial charge in [0.2, 0.25) is 106 Å². The van der Waals surface area contributed by atoms with E-state index < -0.39 is 273 Å². The number of phenolic OH excluding ortho intramolecular Hbond substituents is 2. The molecule has 49 heteroatoms. The first-order valence-electron chi connectivity index (χ1n) is 46.6. The van der Waals surface area contributed by atoms with Crippen LogP contribution in [0.1, 0.15) is 146 Å². The molecule has 49 nitrogen and oxygen atoms in total. The van der Waals surface area contributed by atoms with Crippen molar-refractivity contribution in [1.29, 1.82) is 0 Å². The van der Waals surface area contributed by atoms with Crippen molar-refractivity contribution in [3.63, 3.8) is 0 Å². The number of phenols is 2. The first-order valence-corrected chi connectivity index (χ1v) is 46.6. The van der Waals surface area contributed by atoms with Gasteiger partial charge in [-0.05, 0) is 169 Å². The van der Waals surface area contributed by atoms with E-state index in [1.54, 1.807) is 50.4 Å². The summed E-state index contributed by atoms with van der Waals surface area (Å²) in [4.78, 5) is 280. The van der Waals surface area contributed by atoms with E-state index in [1.165, 1.54) is 53.4 Å². The number of carbonyl (C=O) groups is 20. The molecule has 1 aliphatic heterocycles. The Labute approximate surface area is 817 Å². The maximum absolute atomic E-state index is 14.8. The second-order valence-corrected chi connectivity index (χ2v) is 34.5. The van der Waals surface area contributed by atoms with Gasteiger partial charge < -0.3 is 155 Å². The maximum Gasteiger partial charge on any atom is 0.322 e. The van der Waals surface area contributed by atoms with Crippen LogP contribution in [0.3, 0.4) is 0 Å². The molecular weight excluding hydrogens is 1860 g/mol. The number of aliphatic hydroxyl groups excluding tert-OH is 2. The van der Waals surface area contributed by atoms with E-state index in [1.807, 2.05) is 24.3 Å². The van der Waals surface area contributed by atoms with Gasteiger partial charge >= 0.3 is 11.9 Å². The zero-order valence-corrected chi connectivity index (χ0v) is 79.2. The van der Waals surface area contributed by atoms with Crippen LogP contribution in [-0.2, 0) is 122 Å². The second kappa shape index (κ2) is 59.6. The highest BCUT2D eigenvalue weighted by Crippen LogP contribution is 2.24. The molecule has 1 aliphatic rings. The molecule has 1 saturated heterocycles. The topological polar surface area (TPSA) is 818 Å². The molecule has 16 atom stereocenters. The van der Waals surface area contributed by atoms with Crippen LogP contribution in [0.15, 0.2) is 109 Å². The Morgan fingerprint density at radius 2 is 0.824 bits per heavy atom. The van der Waals surface area contributed by atoms with Gasteiger partial charge in [-0.1, -0.05) is 93.1 Å². The van der Waals surface area contributed by atoms with Crippen molar-refractivity contribution in [3.8, 4) is 11.5 Å². The minimum absolute atomic E-state index is 0.00260. The van der Waals surface area contributed by atoms with Crippen molar-refractivity contribution < 1.29 is 127 Å². The lowest BCUT2D eigenvalue weighted by molar-refractivity contribution is -0.142. The van der Waals surface area contributed by atoms with Crippen LogP contribution in [-0.4, -0.2) is 302 Å². The Morgan fingerprint density at radius 1 is 0.423 bits per heavy atom. The predicted octanol–water partition coefficient (Wildman–Crippen LogP) is -7.16. The summed E-state index contributed by atoms with van der Waals surface area (Å²) in [6.45, 7) is 1.11. The van der Waals surface area contributed by atoms with Gasteiger partial charge in [0.1, 0.15) is 96.6 Å². The third-order valence-corrected chi connectivity index (χ3v) is 23.3. The average Bonchev–Trinajstić information content (AvgIpc) is 1.71. The van der Waals surface area contributed by atoms with Crippen LogP contribution < -0.4 is 114 Å². The summed E-state index contributed by atoms with van der Waals surface area (Å²) in [6.07, 6.45) is -2.82. The van der Waals surface area contributed by atoms with E-state index in [0.717, 1.165) is 23.4 Å². The second-order valence-electron chi connectivity index (χ2n) is 34.5. The van der Waals surface area contributed by atoms with Crippen LogP contribution in [0.5, 0.6) is 11.5 Å². The number of nitrogens with zero attached hydrogens (tertiary/aromatic N) is 1. The molecule has 0 saturated carbocycles. The number of hydrogen-bond acceptors (Lipinski definition) is 28. The first-order chi connectivity index (χ1) is 67.6. The SMILES string of the molecule is CC[C@H](C)[C@H](NC(=O)[C@@H](N)Cc1c[nH]c2ccccc12)C(=O)N[C@@H](Cc1ccc(O)cc1)C(=O)N1CCC[C@H]1C(=O)NCC(=O)N[C@@H](CO)C(=O)NCC(=O)N[C@@H](CC(N)=O)C(=O)N[C@H](C(=O)N[C@@H](CCCCN)C(=O)N[C@@H](Cc1ccc(O)cc1)C(=O)N[C@@H](CC(N)=O)C(=O)N[C@@H](CCC(=O)O)C(=O)N[C@@H](CCCCN)C(=O)N[C@@H](Cc1ccccc1)C(=O)N[C@@H](CCCCN)C(=O)NCC(=O)O)[C@@H](C)O. The molecular formula is C93H133N23O26. The number of aromatic hydroxyl groups is 2. The van der Waals surface area contributed by atoms with Crippen molar-refractivity contribution in [2.24, 2.45) is 40.3 Å². The minimum Gasteiger partial charge on any atom is -0.508 e. The van der Waals surface area contributed by atoms with E-state index in [0.29, 0.717) is 30.4 Å². The predicted molar refractivity (Wildman–Crippen MR) is 510 cm³/mol. The Kier molecular flexibility index (Phi) is 48.6. The number of nitrogens with one attached hydrogen (secondary N) is 16. The molecule has 0 bridgehead atoms. The van der Waals surface area contributed by atoms with Gasteiger partial charge in [-0.15, -0.1) is 0 Å². The van der Waals surface area contributed by atoms with E-state index in [9.17, 15) is 127 Å². The molecule has 4 aromatic carbocycles. The van der Waals surface area contributed by atoms with Crippen LogP contribution in [0.4, 0.5) is 0 Å². The molecule has 2 heterocycles. The summed E-state index contributed by atoms with van der Waals surface area (Å²) in [6, 6.07) is 3.78. The molecule has 0 spiro atoms. The fourth-order valence-electron chi connectivity index (χ4n) is 15.3. The summed E-state index contributed by atoms with van der Waals surface area (Å²) in [5.41, 5.74) is 37.6. The largest absolute Gasteiger partial charge is 0.508 e. The van der Waals surface area contributed by atoms with Crippen LogP contribution in [0, 0.1) is 5.92 Å². The highest BCUT2D eigenvalue weighted by atomic mass is 16.4. The smallest absolute Gasteiger partial charge is 0.322 e. The molecule has 142 heavy (non-hydrogen) atoms. The number of carboxylic acid groups (broad SMARTS) is 2. The number of H-pyrrole nitrogens is 1. The van der Waals surface area contributed by atoms with Gasteiger partial charge in [0.15, 0.2) is 0 Å². The van der Waals surface area contributed by atoms with Crippen molar-refractivity contribution >= 4 is 129 Å². The molecule has 18 amide bonds. The number of carboxylic acids is 2. The highest BCUT2D eigenvalue weighted by Gasteiger charge is 2.43. The number of hydrogen-bond donors (Lipinski definition) is 28. The summed E-state index contributed by atoms with van der Waals surface area (Å²) in [5, 5.41) is 97.6. The monoisotopic (exact) mass is 1990 g/mol. The average molecular weight is 1990 g/mol. The molecule has 776 valence electrons. The molecule has 1 fully saturated rings. The lowest BCUT2D eigenvalue weighted by Gasteiger charge is -2.31. The number of primary amides is 2. The number of amides is 18. The maximum atomic E-state index is 14.8. The summed E-state index contributed by atoms with van der Waals surface area (Å²) in [7, 11) is 0. The molecule has 0 aliphatic carbocycles. The number of unbranched alkanes of at least 4 members (excludes halogenated alkanes) is 3. The number of nitrogens with two attached hydrogens (primary N) is 6. The minimum atomic E-state index is -2.08. The molecule has 5 aromatic rings. The number of aliphatic carboxylic acids is 2. The lowest BCUT2D eigenvalue weighted by atomic mass is 9.96. The molecule has 0 radical (unpaired) electrons. The zero-order valence-electron chi connectivity index (χ0n) is 79.2. The van der Waals surface area contributed by atoms with Crippen LogP contribution in [0.2, 0.25) is 0 Å². The number of likely N-dealkylation sites (tertiary alicyclic amines) is 1. The Bertz CT molecular complexity index is 5150. The Balaban J connectivity index is 1.12. The third-order valence-electron chi connectivity index (χ3n) is 23.3. The van der Waals surface area contributed by atoms with Crippen molar-refractivity contribution in [2.45, 2.75) is 240 Å². The normalized spacial score (nSPS) is 15.4. The Morgan fingerprint density at radius 3 is 1.32 bits per heavy atom. The summed E-state index contributed by atoms with van der Waals surface area (Å²) >= 11 is 0. The van der Waals surface area contributed by atoms with Crippen LogP contribution in [0.25, 0.3) is 10.9 Å². The quantitative estimate of drug-likeness (QED) is 0.0161. The lowest BCUT2D eigenvalue weighted by Crippen LogP contribution is -2.62. The number of benzene rings is 4. The number of aromatic amines is 1. The molecule has 34 N–H and O–H groups in total. The molecule has 6 rings (SSSR count). The van der Waals surface area contributed by atoms with Gasteiger partial charge in [0, 0.05) is 49.3 Å². The zero-order chi connectivity index (χ0) is 105. The Hall–Kier alpha value is -14.8.